The molecule has 1 aliphatic heterocycles. The summed E-state index contributed by atoms with van der Waals surface area (Å²) in [7, 11) is 0. The van der Waals surface area contributed by atoms with Gasteiger partial charge in [-0.3, -0.25) is 4.79 Å². The number of carbonyl (C=O) groups is 2. The van der Waals surface area contributed by atoms with E-state index in [9.17, 15) is 14.7 Å². The van der Waals surface area contributed by atoms with Gasteiger partial charge in [0.15, 0.2) is 0 Å². The average molecular weight is 267 g/mol. The molecule has 1 atom stereocenters. The van der Waals surface area contributed by atoms with Gasteiger partial charge in [-0.1, -0.05) is 33.1 Å². The molecule has 0 spiro atoms. The highest BCUT2D eigenvalue weighted by molar-refractivity contribution is 5.90. The second kappa shape index (κ2) is 5.14. The topological polar surface area (TPSA) is 57.6 Å². The summed E-state index contributed by atoms with van der Waals surface area (Å²) in [5, 5.41) is 9.57. The zero-order valence-electron chi connectivity index (χ0n) is 12.1. The van der Waals surface area contributed by atoms with Gasteiger partial charge in [0.05, 0.1) is 0 Å². The van der Waals surface area contributed by atoms with Crippen LogP contribution in [0.2, 0.25) is 0 Å². The molecule has 0 bridgehead atoms. The van der Waals surface area contributed by atoms with Gasteiger partial charge in [-0.2, -0.15) is 0 Å². The fourth-order valence-electron chi connectivity index (χ4n) is 3.79. The van der Waals surface area contributed by atoms with Crippen molar-refractivity contribution in [3.8, 4) is 0 Å². The Morgan fingerprint density at radius 3 is 2.26 bits per heavy atom. The second-order valence-electron chi connectivity index (χ2n) is 6.37. The molecule has 0 aromatic heterocycles. The summed E-state index contributed by atoms with van der Waals surface area (Å²) in [6.07, 6.45) is 7.08. The summed E-state index contributed by atoms with van der Waals surface area (Å²) in [5.74, 6) is -0.755. The maximum Gasteiger partial charge on any atom is 0.329 e. The van der Waals surface area contributed by atoms with E-state index in [0.29, 0.717) is 19.4 Å². The number of aliphatic carboxylic acids is 1. The Morgan fingerprint density at radius 2 is 1.74 bits per heavy atom. The summed E-state index contributed by atoms with van der Waals surface area (Å²) in [5.41, 5.74) is -1.28. The number of likely N-dealkylation sites (tertiary alicyclic amines) is 1. The van der Waals surface area contributed by atoms with Crippen LogP contribution in [0.25, 0.3) is 0 Å². The quantitative estimate of drug-likeness (QED) is 0.855. The molecule has 4 heteroatoms. The van der Waals surface area contributed by atoms with Gasteiger partial charge in [0.2, 0.25) is 5.91 Å². The van der Waals surface area contributed by atoms with Crippen LogP contribution in [0.15, 0.2) is 0 Å². The fourth-order valence-corrected chi connectivity index (χ4v) is 3.79. The highest BCUT2D eigenvalue weighted by atomic mass is 16.4. The van der Waals surface area contributed by atoms with E-state index < -0.39 is 11.5 Å². The minimum Gasteiger partial charge on any atom is -0.479 e. The summed E-state index contributed by atoms with van der Waals surface area (Å²) >= 11 is 0. The number of hydrogen-bond donors (Lipinski definition) is 1. The van der Waals surface area contributed by atoms with E-state index in [4.69, 9.17) is 0 Å². The summed E-state index contributed by atoms with van der Waals surface area (Å²) in [6.45, 7) is 4.51. The fraction of sp³-hybridized carbons (Fsp3) is 0.867. The van der Waals surface area contributed by atoms with E-state index in [2.05, 4.69) is 0 Å². The number of carboxylic acids is 1. The zero-order chi connectivity index (χ0) is 14.1. The summed E-state index contributed by atoms with van der Waals surface area (Å²) < 4.78 is 0. The Bertz CT molecular complexity index is 374. The molecular formula is C15H25NO3. The molecule has 0 radical (unpaired) electrons. The molecule has 108 valence electrons. The molecule has 4 nitrogen and oxygen atoms in total. The minimum atomic E-state index is -0.947. The summed E-state index contributed by atoms with van der Waals surface area (Å²) in [4.78, 5) is 26.2. The molecule has 1 unspecified atom stereocenters. The van der Waals surface area contributed by atoms with Crippen LogP contribution >= 0.6 is 0 Å². The van der Waals surface area contributed by atoms with E-state index in [-0.39, 0.29) is 11.3 Å². The number of carbonyl (C=O) groups excluding carboxylic acids is 1. The SMILES string of the molecule is CCC1(C(=O)O)CCCN1C(=O)C1(C)CCCCC1. The van der Waals surface area contributed by atoms with E-state index in [1.807, 2.05) is 13.8 Å². The lowest BCUT2D eigenvalue weighted by atomic mass is 9.74. The van der Waals surface area contributed by atoms with Crippen molar-refractivity contribution in [2.75, 3.05) is 6.54 Å². The lowest BCUT2D eigenvalue weighted by Crippen LogP contribution is -2.56. The van der Waals surface area contributed by atoms with Gasteiger partial charge < -0.3 is 10.0 Å². The molecule has 1 saturated heterocycles. The van der Waals surface area contributed by atoms with Crippen molar-refractivity contribution >= 4 is 11.9 Å². The molecule has 0 aromatic rings. The lowest BCUT2D eigenvalue weighted by molar-refractivity contribution is -0.162. The number of carboxylic acid groups (broad SMARTS) is 1. The monoisotopic (exact) mass is 267 g/mol. The maximum atomic E-state index is 12.9. The molecule has 1 saturated carbocycles. The zero-order valence-corrected chi connectivity index (χ0v) is 12.1. The predicted molar refractivity (Wildman–Crippen MR) is 72.8 cm³/mol. The van der Waals surface area contributed by atoms with Crippen molar-refractivity contribution in [1.29, 1.82) is 0 Å². The third-order valence-electron chi connectivity index (χ3n) is 5.19. The first kappa shape index (κ1) is 14.4. The molecule has 2 aliphatic rings. The smallest absolute Gasteiger partial charge is 0.329 e. The van der Waals surface area contributed by atoms with Crippen LogP contribution in [0, 0.1) is 5.41 Å². The van der Waals surface area contributed by atoms with Crippen LogP contribution in [0.3, 0.4) is 0 Å². The maximum absolute atomic E-state index is 12.9. The normalized spacial score (nSPS) is 30.3. The highest BCUT2D eigenvalue weighted by Gasteiger charge is 2.52. The van der Waals surface area contributed by atoms with Gasteiger partial charge in [-0.15, -0.1) is 0 Å². The first-order valence-electron chi connectivity index (χ1n) is 7.52. The molecule has 2 fully saturated rings. The van der Waals surface area contributed by atoms with Crippen molar-refractivity contribution in [3.05, 3.63) is 0 Å². The van der Waals surface area contributed by atoms with E-state index in [1.165, 1.54) is 6.42 Å². The van der Waals surface area contributed by atoms with Crippen molar-refractivity contribution < 1.29 is 14.7 Å². The van der Waals surface area contributed by atoms with Crippen molar-refractivity contribution in [2.24, 2.45) is 5.41 Å². The van der Waals surface area contributed by atoms with Crippen LogP contribution in [-0.2, 0) is 9.59 Å². The average Bonchev–Trinajstić information content (AvgIpc) is 2.83. The van der Waals surface area contributed by atoms with Crippen LogP contribution in [-0.4, -0.2) is 34.0 Å². The van der Waals surface area contributed by atoms with E-state index in [1.54, 1.807) is 4.90 Å². The molecule has 1 amide bonds. The first-order chi connectivity index (χ1) is 8.96. The van der Waals surface area contributed by atoms with Crippen molar-refractivity contribution in [1.82, 2.24) is 4.90 Å². The molecule has 2 rings (SSSR count). The Kier molecular flexibility index (Phi) is 3.88. The predicted octanol–water partition coefficient (Wildman–Crippen LogP) is 2.81. The minimum absolute atomic E-state index is 0.0777. The third kappa shape index (κ3) is 2.26. The first-order valence-corrected chi connectivity index (χ1v) is 7.52. The van der Waals surface area contributed by atoms with Gasteiger partial charge in [-0.05, 0) is 32.1 Å². The van der Waals surface area contributed by atoms with Crippen molar-refractivity contribution in [3.63, 3.8) is 0 Å². The number of hydrogen-bond acceptors (Lipinski definition) is 2. The van der Waals surface area contributed by atoms with E-state index >= 15 is 0 Å². The number of rotatable bonds is 3. The molecular weight excluding hydrogens is 242 g/mol. The van der Waals surface area contributed by atoms with Crippen molar-refractivity contribution in [2.45, 2.75) is 70.8 Å². The van der Waals surface area contributed by atoms with Gasteiger partial charge in [0.1, 0.15) is 5.54 Å². The lowest BCUT2D eigenvalue weighted by Gasteiger charge is -2.41. The van der Waals surface area contributed by atoms with Gasteiger partial charge in [0, 0.05) is 12.0 Å². The van der Waals surface area contributed by atoms with Crippen LogP contribution < -0.4 is 0 Å². The van der Waals surface area contributed by atoms with Gasteiger partial charge in [-0.25, -0.2) is 4.79 Å². The third-order valence-corrected chi connectivity index (χ3v) is 5.19. The molecule has 1 heterocycles. The Morgan fingerprint density at radius 1 is 1.11 bits per heavy atom. The van der Waals surface area contributed by atoms with Crippen LogP contribution in [0.4, 0.5) is 0 Å². The number of nitrogens with zero attached hydrogens (tertiary/aromatic N) is 1. The van der Waals surface area contributed by atoms with E-state index in [0.717, 1.165) is 32.1 Å². The Hall–Kier alpha value is -1.06. The molecule has 1 aliphatic carbocycles. The Balaban J connectivity index is 2.24. The Labute approximate surface area is 115 Å². The second-order valence-corrected chi connectivity index (χ2v) is 6.37. The number of amides is 1. The van der Waals surface area contributed by atoms with Crippen LogP contribution in [0.5, 0.6) is 0 Å². The van der Waals surface area contributed by atoms with Gasteiger partial charge in [0.25, 0.3) is 0 Å². The largest absolute Gasteiger partial charge is 0.479 e. The molecule has 19 heavy (non-hydrogen) atoms. The highest BCUT2D eigenvalue weighted by Crippen LogP contribution is 2.42. The molecule has 1 N–H and O–H groups in total. The van der Waals surface area contributed by atoms with Crippen LogP contribution in [0.1, 0.15) is 65.2 Å². The molecule has 0 aromatic carbocycles. The standard InChI is InChI=1S/C15H25NO3/c1-3-15(13(18)19)10-7-11-16(15)12(17)14(2)8-5-4-6-9-14/h3-11H2,1-2H3,(H,18,19). The van der Waals surface area contributed by atoms with Gasteiger partial charge >= 0.3 is 5.97 Å². The summed E-state index contributed by atoms with van der Waals surface area (Å²) in [6, 6.07) is 0.